The van der Waals surface area contributed by atoms with E-state index in [0.717, 1.165) is 10.3 Å². The van der Waals surface area contributed by atoms with Crippen molar-refractivity contribution in [2.24, 2.45) is 13.0 Å². The van der Waals surface area contributed by atoms with E-state index in [-0.39, 0.29) is 18.2 Å². The summed E-state index contributed by atoms with van der Waals surface area (Å²) >= 11 is 0. The summed E-state index contributed by atoms with van der Waals surface area (Å²) in [6.45, 7) is 4.75. The maximum Gasteiger partial charge on any atom is 0.333 e. The SMILES string of the molecule is CCOC(=O)Cn1c(=O)c2c(nc3n2CC(C)CN3c2cccc(OC)c2)n(C)c1=O. The number of hydrogen-bond acceptors (Lipinski definition) is 7. The number of carbonyl (C=O) groups is 1. The first kappa shape index (κ1) is 20.7. The van der Waals surface area contributed by atoms with Gasteiger partial charge in [0.05, 0.1) is 13.7 Å². The van der Waals surface area contributed by atoms with Crippen LogP contribution in [-0.2, 0) is 29.7 Å². The zero-order chi connectivity index (χ0) is 22.3. The van der Waals surface area contributed by atoms with Gasteiger partial charge in [0.25, 0.3) is 5.56 Å². The van der Waals surface area contributed by atoms with Gasteiger partial charge in [-0.1, -0.05) is 13.0 Å². The van der Waals surface area contributed by atoms with Gasteiger partial charge in [-0.15, -0.1) is 0 Å². The van der Waals surface area contributed by atoms with Gasteiger partial charge in [-0.25, -0.2) is 9.36 Å². The molecule has 3 aromatic rings. The number of imidazole rings is 1. The average Bonchev–Trinajstić information content (AvgIpc) is 3.14. The van der Waals surface area contributed by atoms with Crippen LogP contribution in [0.4, 0.5) is 11.6 Å². The van der Waals surface area contributed by atoms with E-state index >= 15 is 0 Å². The first-order chi connectivity index (χ1) is 14.8. The molecule has 10 heteroatoms. The number of anilines is 2. The molecule has 3 heterocycles. The summed E-state index contributed by atoms with van der Waals surface area (Å²) in [5.41, 5.74) is 0.291. The Hall–Kier alpha value is -3.56. The van der Waals surface area contributed by atoms with E-state index in [1.807, 2.05) is 33.7 Å². The summed E-state index contributed by atoms with van der Waals surface area (Å²) < 4.78 is 14.3. The van der Waals surface area contributed by atoms with Crippen LogP contribution in [-0.4, -0.2) is 44.9 Å². The van der Waals surface area contributed by atoms with Gasteiger partial charge < -0.3 is 18.9 Å². The fourth-order valence-corrected chi connectivity index (χ4v) is 3.98. The van der Waals surface area contributed by atoms with E-state index in [4.69, 9.17) is 9.47 Å². The van der Waals surface area contributed by atoms with Crippen molar-refractivity contribution in [3.8, 4) is 5.75 Å². The molecule has 1 aromatic carbocycles. The summed E-state index contributed by atoms with van der Waals surface area (Å²) in [6, 6.07) is 7.60. The van der Waals surface area contributed by atoms with Crippen LogP contribution in [0.15, 0.2) is 33.9 Å². The van der Waals surface area contributed by atoms with E-state index in [1.165, 1.54) is 4.57 Å². The minimum Gasteiger partial charge on any atom is -0.497 e. The Bertz CT molecular complexity index is 1270. The molecule has 10 nitrogen and oxygen atoms in total. The maximum atomic E-state index is 13.3. The van der Waals surface area contributed by atoms with Crippen molar-refractivity contribution in [2.45, 2.75) is 26.9 Å². The number of methoxy groups -OCH3 is 1. The highest BCUT2D eigenvalue weighted by molar-refractivity contribution is 5.78. The monoisotopic (exact) mass is 427 g/mol. The number of esters is 1. The Labute approximate surface area is 178 Å². The minimum atomic E-state index is -0.634. The number of ether oxygens (including phenoxy) is 2. The van der Waals surface area contributed by atoms with Crippen molar-refractivity contribution >= 4 is 28.8 Å². The Morgan fingerprint density at radius 3 is 2.74 bits per heavy atom. The van der Waals surface area contributed by atoms with Gasteiger partial charge in [0.15, 0.2) is 11.2 Å². The zero-order valence-electron chi connectivity index (χ0n) is 18.0. The number of aromatic nitrogens is 4. The summed E-state index contributed by atoms with van der Waals surface area (Å²) in [4.78, 5) is 44.7. The summed E-state index contributed by atoms with van der Waals surface area (Å²) in [5.74, 6) is 0.863. The largest absolute Gasteiger partial charge is 0.497 e. The highest BCUT2D eigenvalue weighted by Crippen LogP contribution is 2.34. The lowest BCUT2D eigenvalue weighted by Gasteiger charge is -2.33. The van der Waals surface area contributed by atoms with Crippen LogP contribution < -0.4 is 20.9 Å². The molecule has 1 atom stereocenters. The first-order valence-corrected chi connectivity index (χ1v) is 10.1. The number of carbonyl (C=O) groups excluding carboxylic acids is 1. The molecule has 0 N–H and O–H groups in total. The van der Waals surface area contributed by atoms with Crippen molar-refractivity contribution in [1.82, 2.24) is 18.7 Å². The van der Waals surface area contributed by atoms with Gasteiger partial charge in [0, 0.05) is 31.9 Å². The lowest BCUT2D eigenvalue weighted by Crippen LogP contribution is -2.42. The van der Waals surface area contributed by atoms with E-state index in [1.54, 1.807) is 21.1 Å². The molecule has 0 fully saturated rings. The smallest absolute Gasteiger partial charge is 0.333 e. The summed E-state index contributed by atoms with van der Waals surface area (Å²) in [5, 5.41) is 0. The normalized spacial score (nSPS) is 15.7. The molecule has 1 aliphatic heterocycles. The van der Waals surface area contributed by atoms with E-state index in [2.05, 4.69) is 11.9 Å². The molecule has 4 rings (SSSR count). The van der Waals surface area contributed by atoms with Gasteiger partial charge in [-0.2, -0.15) is 4.98 Å². The lowest BCUT2D eigenvalue weighted by atomic mass is 10.1. The van der Waals surface area contributed by atoms with Crippen LogP contribution >= 0.6 is 0 Å². The summed E-state index contributed by atoms with van der Waals surface area (Å²) in [6.07, 6.45) is 0. The second kappa shape index (κ2) is 7.93. The van der Waals surface area contributed by atoms with Crippen LogP contribution in [0.2, 0.25) is 0 Å². The molecular formula is C21H25N5O5. The van der Waals surface area contributed by atoms with Crippen molar-refractivity contribution in [3.63, 3.8) is 0 Å². The van der Waals surface area contributed by atoms with Crippen LogP contribution in [0, 0.1) is 5.92 Å². The zero-order valence-corrected chi connectivity index (χ0v) is 18.0. The van der Waals surface area contributed by atoms with Crippen LogP contribution in [0.5, 0.6) is 5.75 Å². The highest BCUT2D eigenvalue weighted by atomic mass is 16.5. The Morgan fingerprint density at radius 2 is 2.03 bits per heavy atom. The van der Waals surface area contributed by atoms with Crippen molar-refractivity contribution in [1.29, 1.82) is 0 Å². The van der Waals surface area contributed by atoms with Gasteiger partial charge in [-0.05, 0) is 25.0 Å². The fraction of sp³-hybridized carbons (Fsp3) is 0.429. The molecule has 1 aliphatic rings. The predicted octanol–water partition coefficient (Wildman–Crippen LogP) is 1.26. The molecule has 31 heavy (non-hydrogen) atoms. The Balaban J connectivity index is 1.93. The van der Waals surface area contributed by atoms with E-state index in [9.17, 15) is 14.4 Å². The molecule has 164 valence electrons. The third kappa shape index (κ3) is 3.47. The molecule has 0 spiro atoms. The van der Waals surface area contributed by atoms with Gasteiger partial charge in [0.2, 0.25) is 5.95 Å². The lowest BCUT2D eigenvalue weighted by molar-refractivity contribution is -0.143. The minimum absolute atomic E-state index is 0.172. The number of benzene rings is 1. The molecule has 0 amide bonds. The predicted molar refractivity (Wildman–Crippen MR) is 115 cm³/mol. The number of rotatable bonds is 5. The van der Waals surface area contributed by atoms with Crippen molar-refractivity contribution < 1.29 is 14.3 Å². The molecule has 0 aliphatic carbocycles. The second-order valence-electron chi connectivity index (χ2n) is 7.65. The van der Waals surface area contributed by atoms with Crippen molar-refractivity contribution in [3.05, 3.63) is 45.1 Å². The van der Waals surface area contributed by atoms with Gasteiger partial charge in [0.1, 0.15) is 12.3 Å². The van der Waals surface area contributed by atoms with E-state index in [0.29, 0.717) is 30.3 Å². The fourth-order valence-electron chi connectivity index (χ4n) is 3.98. The quantitative estimate of drug-likeness (QED) is 0.565. The first-order valence-electron chi connectivity index (χ1n) is 10.1. The molecule has 0 saturated carbocycles. The molecule has 2 aromatic heterocycles. The molecule has 0 radical (unpaired) electrons. The number of hydrogen-bond donors (Lipinski definition) is 0. The van der Waals surface area contributed by atoms with E-state index < -0.39 is 23.8 Å². The standard InChI is InChI=1S/C21H25N5O5/c1-5-31-16(27)12-26-19(28)17-18(23(3)21(26)29)22-20-24(10-13(2)11-25(17)20)14-7-6-8-15(9-14)30-4/h6-9,13H,5,10-12H2,1-4H3. The van der Waals surface area contributed by atoms with Crippen molar-refractivity contribution in [2.75, 3.05) is 25.2 Å². The third-order valence-corrected chi connectivity index (χ3v) is 5.40. The van der Waals surface area contributed by atoms with Crippen LogP contribution in [0.3, 0.4) is 0 Å². The topological polar surface area (TPSA) is 101 Å². The number of aryl methyl sites for hydroxylation is 1. The third-order valence-electron chi connectivity index (χ3n) is 5.40. The Morgan fingerprint density at radius 1 is 1.26 bits per heavy atom. The molecule has 0 bridgehead atoms. The van der Waals surface area contributed by atoms with Crippen LogP contribution in [0.25, 0.3) is 11.2 Å². The maximum absolute atomic E-state index is 13.3. The Kier molecular flexibility index (Phi) is 5.30. The molecular weight excluding hydrogens is 402 g/mol. The summed E-state index contributed by atoms with van der Waals surface area (Å²) in [7, 11) is 3.15. The van der Waals surface area contributed by atoms with Gasteiger partial charge >= 0.3 is 11.7 Å². The molecule has 1 unspecified atom stereocenters. The van der Waals surface area contributed by atoms with Crippen LogP contribution in [0.1, 0.15) is 13.8 Å². The molecule has 0 saturated heterocycles. The average molecular weight is 427 g/mol. The highest BCUT2D eigenvalue weighted by Gasteiger charge is 2.30. The second-order valence-corrected chi connectivity index (χ2v) is 7.65. The van der Waals surface area contributed by atoms with Gasteiger partial charge in [-0.3, -0.25) is 14.2 Å². The number of fused-ring (bicyclic) bond motifs is 3. The number of nitrogens with zero attached hydrogens (tertiary/aromatic N) is 5.